The molecule has 0 aromatic carbocycles. The molecule has 2 N–H and O–H groups in total. The molecular formula is C15H23ClN4O. The second-order valence-corrected chi connectivity index (χ2v) is 6.65. The van der Waals surface area contributed by atoms with Crippen LogP contribution in [0, 0.1) is 11.8 Å². The number of aromatic nitrogens is 2. The van der Waals surface area contributed by atoms with Crippen molar-refractivity contribution < 1.29 is 0 Å². The van der Waals surface area contributed by atoms with Crippen molar-refractivity contribution in [2.45, 2.75) is 38.6 Å². The summed E-state index contributed by atoms with van der Waals surface area (Å²) in [7, 11) is 0. The van der Waals surface area contributed by atoms with Crippen LogP contribution < -0.4 is 16.2 Å². The number of nitrogens with zero attached hydrogens (tertiary/aromatic N) is 2. The Labute approximate surface area is 130 Å². The van der Waals surface area contributed by atoms with Gasteiger partial charge >= 0.3 is 0 Å². The molecule has 1 saturated carbocycles. The minimum atomic E-state index is -0.0850. The molecular weight excluding hydrogens is 288 g/mol. The number of nitrogens with one attached hydrogen (secondary N) is 2. The lowest BCUT2D eigenvalue weighted by atomic mass is 9.85. The fourth-order valence-corrected chi connectivity index (χ4v) is 3.21. The van der Waals surface area contributed by atoms with Crippen LogP contribution in [0.4, 0.5) is 5.69 Å². The highest BCUT2D eigenvalue weighted by atomic mass is 35.5. The molecule has 6 heteroatoms. The van der Waals surface area contributed by atoms with Crippen molar-refractivity contribution in [2.24, 2.45) is 11.8 Å². The van der Waals surface area contributed by atoms with Crippen molar-refractivity contribution in [2.75, 3.05) is 25.0 Å². The van der Waals surface area contributed by atoms with Crippen LogP contribution >= 0.6 is 11.6 Å². The fraction of sp³-hybridized carbons (Fsp3) is 0.733. The van der Waals surface area contributed by atoms with E-state index < -0.39 is 0 Å². The lowest BCUT2D eigenvalue weighted by Crippen LogP contribution is -2.35. The molecule has 1 atom stereocenters. The van der Waals surface area contributed by atoms with Gasteiger partial charge in [0, 0.05) is 13.1 Å². The number of hydrogen-bond donors (Lipinski definition) is 2. The first-order valence-corrected chi connectivity index (χ1v) is 8.32. The molecule has 0 amide bonds. The molecule has 1 aliphatic heterocycles. The summed E-state index contributed by atoms with van der Waals surface area (Å²) in [4.78, 5) is 12.5. The maximum Gasteiger partial charge on any atom is 0.291 e. The van der Waals surface area contributed by atoms with E-state index >= 15 is 0 Å². The summed E-state index contributed by atoms with van der Waals surface area (Å²) in [6.07, 6.45) is 7.65. The Balaban J connectivity index is 1.67. The molecule has 21 heavy (non-hydrogen) atoms. The molecule has 0 radical (unpaired) electrons. The van der Waals surface area contributed by atoms with E-state index in [9.17, 15) is 4.79 Å². The van der Waals surface area contributed by atoms with Gasteiger partial charge in [-0.3, -0.25) is 4.79 Å². The Morgan fingerprint density at radius 1 is 1.33 bits per heavy atom. The van der Waals surface area contributed by atoms with Crippen molar-refractivity contribution in [1.29, 1.82) is 0 Å². The Morgan fingerprint density at radius 2 is 2.14 bits per heavy atom. The first kappa shape index (κ1) is 14.9. The zero-order valence-electron chi connectivity index (χ0n) is 12.3. The van der Waals surface area contributed by atoms with E-state index in [4.69, 9.17) is 11.6 Å². The van der Waals surface area contributed by atoms with Gasteiger partial charge in [-0.1, -0.05) is 18.0 Å². The van der Waals surface area contributed by atoms with E-state index in [0.29, 0.717) is 22.5 Å². The largest absolute Gasteiger partial charge is 0.379 e. The summed E-state index contributed by atoms with van der Waals surface area (Å²) in [5.41, 5.74) is 0.426. The summed E-state index contributed by atoms with van der Waals surface area (Å²) in [5, 5.41) is 11.2. The van der Waals surface area contributed by atoms with Gasteiger partial charge in [0.2, 0.25) is 0 Å². The number of rotatable bonds is 5. The van der Waals surface area contributed by atoms with Crippen LogP contribution in [0.2, 0.25) is 5.02 Å². The van der Waals surface area contributed by atoms with Gasteiger partial charge in [-0.15, -0.1) is 0 Å². The van der Waals surface area contributed by atoms with E-state index in [1.54, 1.807) is 10.9 Å². The van der Waals surface area contributed by atoms with Crippen LogP contribution in [0.5, 0.6) is 0 Å². The molecule has 1 aliphatic carbocycles. The molecule has 2 aliphatic rings. The molecule has 0 bridgehead atoms. The van der Waals surface area contributed by atoms with Gasteiger partial charge < -0.3 is 10.6 Å². The maximum atomic E-state index is 12.5. The fourth-order valence-electron chi connectivity index (χ4n) is 3.02. The summed E-state index contributed by atoms with van der Waals surface area (Å²) in [6, 6.07) is 0. The number of anilines is 1. The zero-order chi connectivity index (χ0) is 14.7. The number of halogens is 1. The van der Waals surface area contributed by atoms with Gasteiger partial charge in [0.15, 0.2) is 0 Å². The average molecular weight is 311 g/mol. The number of hydrogen-bond acceptors (Lipinski definition) is 4. The van der Waals surface area contributed by atoms with E-state index in [1.807, 2.05) is 0 Å². The van der Waals surface area contributed by atoms with Crippen LogP contribution in [-0.2, 0) is 6.54 Å². The smallest absolute Gasteiger partial charge is 0.291 e. The Morgan fingerprint density at radius 3 is 2.81 bits per heavy atom. The Hall–Kier alpha value is -1.07. The van der Waals surface area contributed by atoms with Gasteiger partial charge in [-0.25, -0.2) is 4.68 Å². The standard InChI is InChI=1S/C15H23ClN4O/c16-13-9-19-20(10-11-3-1-4-11)15(21)14(13)18-8-12-5-2-6-17-7-12/h9,11-12,17-18H,1-8,10H2. The van der Waals surface area contributed by atoms with Gasteiger partial charge in [-0.05, 0) is 50.6 Å². The predicted molar refractivity (Wildman–Crippen MR) is 84.9 cm³/mol. The van der Waals surface area contributed by atoms with Crippen molar-refractivity contribution in [1.82, 2.24) is 15.1 Å². The molecule has 116 valence electrons. The highest BCUT2D eigenvalue weighted by Gasteiger charge is 2.20. The Kier molecular flexibility index (Phi) is 4.80. The first-order valence-electron chi connectivity index (χ1n) is 7.94. The van der Waals surface area contributed by atoms with Crippen LogP contribution in [0.15, 0.2) is 11.0 Å². The third kappa shape index (κ3) is 3.58. The second kappa shape index (κ2) is 6.79. The lowest BCUT2D eigenvalue weighted by molar-refractivity contribution is 0.262. The average Bonchev–Trinajstić information content (AvgIpc) is 2.45. The predicted octanol–water partition coefficient (Wildman–Crippen LogP) is 2.11. The normalized spacial score (nSPS) is 22.8. The minimum absolute atomic E-state index is 0.0850. The van der Waals surface area contributed by atoms with Crippen molar-refractivity contribution in [3.05, 3.63) is 21.6 Å². The van der Waals surface area contributed by atoms with Gasteiger partial charge in [0.25, 0.3) is 5.56 Å². The maximum absolute atomic E-state index is 12.5. The van der Waals surface area contributed by atoms with Crippen LogP contribution in [-0.4, -0.2) is 29.4 Å². The molecule has 3 rings (SSSR count). The van der Waals surface area contributed by atoms with E-state index in [1.165, 1.54) is 32.1 Å². The molecule has 0 spiro atoms. The van der Waals surface area contributed by atoms with E-state index in [2.05, 4.69) is 15.7 Å². The zero-order valence-corrected chi connectivity index (χ0v) is 13.0. The SMILES string of the molecule is O=c1c(NCC2CCCNC2)c(Cl)cnn1CC1CCC1. The molecule has 1 aromatic heterocycles. The van der Waals surface area contributed by atoms with E-state index in [-0.39, 0.29) is 5.56 Å². The quantitative estimate of drug-likeness (QED) is 0.874. The van der Waals surface area contributed by atoms with Gasteiger partial charge in [-0.2, -0.15) is 5.10 Å². The molecule has 1 aromatic rings. The van der Waals surface area contributed by atoms with Gasteiger partial charge in [0.05, 0.1) is 11.2 Å². The third-order valence-electron chi connectivity index (χ3n) is 4.62. The summed E-state index contributed by atoms with van der Waals surface area (Å²) < 4.78 is 1.57. The molecule has 2 fully saturated rings. The van der Waals surface area contributed by atoms with Gasteiger partial charge in [0.1, 0.15) is 5.69 Å². The summed E-state index contributed by atoms with van der Waals surface area (Å²) in [6.45, 7) is 3.61. The highest BCUT2D eigenvalue weighted by Crippen LogP contribution is 2.27. The van der Waals surface area contributed by atoms with Crippen LogP contribution in [0.25, 0.3) is 0 Å². The molecule has 1 unspecified atom stereocenters. The molecule has 2 heterocycles. The van der Waals surface area contributed by atoms with Crippen LogP contribution in [0.1, 0.15) is 32.1 Å². The Bertz CT molecular complexity index is 535. The first-order chi connectivity index (χ1) is 10.2. The topological polar surface area (TPSA) is 59.0 Å². The number of piperidine rings is 1. The summed E-state index contributed by atoms with van der Waals surface area (Å²) in [5.74, 6) is 1.16. The molecule has 5 nitrogen and oxygen atoms in total. The lowest BCUT2D eigenvalue weighted by Gasteiger charge is -2.26. The van der Waals surface area contributed by atoms with Crippen molar-refractivity contribution in [3.63, 3.8) is 0 Å². The minimum Gasteiger partial charge on any atom is -0.379 e. The summed E-state index contributed by atoms with van der Waals surface area (Å²) >= 11 is 6.15. The second-order valence-electron chi connectivity index (χ2n) is 6.24. The monoisotopic (exact) mass is 310 g/mol. The van der Waals surface area contributed by atoms with Crippen molar-refractivity contribution >= 4 is 17.3 Å². The van der Waals surface area contributed by atoms with Crippen molar-refractivity contribution in [3.8, 4) is 0 Å². The molecule has 1 saturated heterocycles. The third-order valence-corrected chi connectivity index (χ3v) is 4.91. The van der Waals surface area contributed by atoms with E-state index in [0.717, 1.165) is 26.2 Å². The highest BCUT2D eigenvalue weighted by molar-refractivity contribution is 6.32. The van der Waals surface area contributed by atoms with Crippen LogP contribution in [0.3, 0.4) is 0 Å².